The van der Waals surface area contributed by atoms with Crippen molar-refractivity contribution in [3.05, 3.63) is 42.0 Å². The van der Waals surface area contributed by atoms with Crippen LogP contribution < -0.4 is 10.2 Å². The van der Waals surface area contributed by atoms with Gasteiger partial charge in [0.15, 0.2) is 0 Å². The van der Waals surface area contributed by atoms with E-state index in [1.54, 1.807) is 0 Å². The number of pyridine rings is 1. The average molecular weight is 285 g/mol. The van der Waals surface area contributed by atoms with Crippen molar-refractivity contribution in [1.82, 2.24) is 15.0 Å². The molecule has 0 bridgehead atoms. The number of likely N-dealkylation sites (N-methyl/N-ethyl adjacent to an activating group) is 1. The molecule has 0 aromatic carbocycles. The lowest BCUT2D eigenvalue weighted by molar-refractivity contribution is 0.800. The van der Waals surface area contributed by atoms with Gasteiger partial charge in [0.1, 0.15) is 17.5 Å². The Morgan fingerprint density at radius 2 is 2.05 bits per heavy atom. The summed E-state index contributed by atoms with van der Waals surface area (Å²) in [6.07, 6.45) is 4.68. The number of aromatic nitrogens is 3. The lowest BCUT2D eigenvalue weighted by Gasteiger charge is -2.19. The highest BCUT2D eigenvalue weighted by Gasteiger charge is 2.08. The maximum absolute atomic E-state index is 4.64. The quantitative estimate of drug-likeness (QED) is 0.847. The van der Waals surface area contributed by atoms with Crippen LogP contribution >= 0.6 is 0 Å². The van der Waals surface area contributed by atoms with E-state index < -0.39 is 0 Å². The molecule has 0 radical (unpaired) electrons. The van der Waals surface area contributed by atoms with Crippen molar-refractivity contribution >= 4 is 11.6 Å². The summed E-state index contributed by atoms with van der Waals surface area (Å²) in [5, 5.41) is 3.10. The molecule has 21 heavy (non-hydrogen) atoms. The molecule has 0 aliphatic heterocycles. The first kappa shape index (κ1) is 15.2. The van der Waals surface area contributed by atoms with E-state index in [1.807, 2.05) is 31.4 Å². The molecule has 1 N–H and O–H groups in total. The third-order valence-corrected chi connectivity index (χ3v) is 3.31. The van der Waals surface area contributed by atoms with Gasteiger partial charge < -0.3 is 10.2 Å². The molecule has 112 valence electrons. The van der Waals surface area contributed by atoms with Crippen molar-refractivity contribution < 1.29 is 0 Å². The van der Waals surface area contributed by atoms with E-state index in [4.69, 9.17) is 0 Å². The van der Waals surface area contributed by atoms with E-state index in [-0.39, 0.29) is 0 Å². The molecular formula is C16H23N5. The zero-order valence-electron chi connectivity index (χ0n) is 13.0. The first-order valence-corrected chi connectivity index (χ1v) is 7.39. The highest BCUT2D eigenvalue weighted by atomic mass is 15.2. The van der Waals surface area contributed by atoms with E-state index in [2.05, 4.69) is 45.2 Å². The van der Waals surface area contributed by atoms with Gasteiger partial charge in [0, 0.05) is 51.4 Å². The average Bonchev–Trinajstić information content (AvgIpc) is 2.53. The summed E-state index contributed by atoms with van der Waals surface area (Å²) < 4.78 is 0. The predicted molar refractivity (Wildman–Crippen MR) is 86.8 cm³/mol. The van der Waals surface area contributed by atoms with Crippen molar-refractivity contribution in [2.75, 3.05) is 30.9 Å². The van der Waals surface area contributed by atoms with Crippen molar-refractivity contribution in [3.8, 4) is 0 Å². The molecule has 5 nitrogen and oxygen atoms in total. The molecular weight excluding hydrogens is 262 g/mol. The molecule has 0 spiro atoms. The monoisotopic (exact) mass is 285 g/mol. The summed E-state index contributed by atoms with van der Waals surface area (Å²) in [4.78, 5) is 15.6. The number of hydrogen-bond donors (Lipinski definition) is 1. The topological polar surface area (TPSA) is 53.9 Å². The molecule has 0 fully saturated rings. The third kappa shape index (κ3) is 4.41. The molecule has 0 atom stereocenters. The van der Waals surface area contributed by atoms with Gasteiger partial charge in [-0.05, 0) is 18.6 Å². The Labute approximate surface area is 126 Å². The van der Waals surface area contributed by atoms with E-state index in [0.717, 1.165) is 49.0 Å². The van der Waals surface area contributed by atoms with Crippen LogP contribution in [-0.4, -0.2) is 35.6 Å². The first-order valence-electron chi connectivity index (χ1n) is 7.39. The first-order chi connectivity index (χ1) is 10.2. The third-order valence-electron chi connectivity index (χ3n) is 3.31. The Balaban J connectivity index is 2.07. The second kappa shape index (κ2) is 7.57. The molecule has 2 heterocycles. The Hall–Kier alpha value is -2.17. The summed E-state index contributed by atoms with van der Waals surface area (Å²) >= 11 is 0. The normalized spacial score (nSPS) is 10.4. The number of aryl methyl sites for hydroxylation is 1. The van der Waals surface area contributed by atoms with Gasteiger partial charge in [-0.3, -0.25) is 4.98 Å². The fraction of sp³-hybridized carbons (Fsp3) is 0.438. The lowest BCUT2D eigenvalue weighted by Crippen LogP contribution is -2.22. The fourth-order valence-corrected chi connectivity index (χ4v) is 2.08. The molecule has 0 unspecified atom stereocenters. The summed E-state index contributed by atoms with van der Waals surface area (Å²) in [5.41, 5.74) is 1.10. The van der Waals surface area contributed by atoms with E-state index in [1.165, 1.54) is 0 Å². The van der Waals surface area contributed by atoms with Crippen LogP contribution in [0.15, 0.2) is 30.5 Å². The van der Waals surface area contributed by atoms with Gasteiger partial charge in [-0.15, -0.1) is 0 Å². The largest absolute Gasteiger partial charge is 0.373 e. The Kier molecular flexibility index (Phi) is 5.49. The zero-order valence-corrected chi connectivity index (χ0v) is 13.0. The van der Waals surface area contributed by atoms with Crippen LogP contribution in [0, 0.1) is 0 Å². The van der Waals surface area contributed by atoms with E-state index in [0.29, 0.717) is 0 Å². The summed E-state index contributed by atoms with van der Waals surface area (Å²) in [7, 11) is 3.94. The van der Waals surface area contributed by atoms with Gasteiger partial charge in [0.2, 0.25) is 0 Å². The summed E-state index contributed by atoms with van der Waals surface area (Å²) in [6.45, 7) is 3.02. The molecule has 5 heteroatoms. The van der Waals surface area contributed by atoms with Crippen LogP contribution in [0.25, 0.3) is 0 Å². The fourth-order valence-electron chi connectivity index (χ4n) is 2.08. The van der Waals surface area contributed by atoms with Crippen LogP contribution in [0.4, 0.5) is 11.6 Å². The van der Waals surface area contributed by atoms with Crippen molar-refractivity contribution in [2.45, 2.75) is 26.2 Å². The number of rotatable bonds is 7. The Morgan fingerprint density at radius 1 is 1.19 bits per heavy atom. The van der Waals surface area contributed by atoms with Gasteiger partial charge >= 0.3 is 0 Å². The molecule has 0 saturated carbocycles. The number of nitrogens with one attached hydrogen (secondary N) is 1. The number of hydrogen-bond acceptors (Lipinski definition) is 5. The SMILES string of the molecule is CCCc1nc(NC)cc(N(C)CCc2ccccn2)n1. The number of anilines is 2. The van der Waals surface area contributed by atoms with Crippen LogP contribution in [0.5, 0.6) is 0 Å². The van der Waals surface area contributed by atoms with Gasteiger partial charge in [0.25, 0.3) is 0 Å². The molecule has 0 aliphatic rings. The minimum atomic E-state index is 0.869. The highest BCUT2D eigenvalue weighted by Crippen LogP contribution is 2.15. The van der Waals surface area contributed by atoms with E-state index in [9.17, 15) is 0 Å². The molecule has 0 aliphatic carbocycles. The molecule has 0 amide bonds. The molecule has 2 aromatic rings. The zero-order chi connectivity index (χ0) is 15.1. The Bertz CT molecular complexity index is 556. The predicted octanol–water partition coefficient (Wildman–Crippen LogP) is 2.54. The van der Waals surface area contributed by atoms with Gasteiger partial charge in [-0.1, -0.05) is 13.0 Å². The number of nitrogens with zero attached hydrogens (tertiary/aromatic N) is 4. The van der Waals surface area contributed by atoms with Gasteiger partial charge in [-0.2, -0.15) is 0 Å². The highest BCUT2D eigenvalue weighted by molar-refractivity contribution is 5.48. The molecule has 0 saturated heterocycles. The molecule has 2 aromatic heterocycles. The van der Waals surface area contributed by atoms with Crippen molar-refractivity contribution in [1.29, 1.82) is 0 Å². The summed E-state index contributed by atoms with van der Waals surface area (Å²) in [6, 6.07) is 7.99. The maximum atomic E-state index is 4.64. The van der Waals surface area contributed by atoms with Crippen molar-refractivity contribution in [2.24, 2.45) is 0 Å². The second-order valence-electron chi connectivity index (χ2n) is 5.02. The minimum Gasteiger partial charge on any atom is -0.373 e. The standard InChI is InChI=1S/C16H23N5/c1-4-7-14-19-15(17-2)12-16(20-14)21(3)11-9-13-8-5-6-10-18-13/h5-6,8,10,12H,4,7,9,11H2,1-3H3,(H,17,19,20). The van der Waals surface area contributed by atoms with Crippen LogP contribution in [-0.2, 0) is 12.8 Å². The van der Waals surface area contributed by atoms with Gasteiger partial charge in [-0.25, -0.2) is 9.97 Å². The Morgan fingerprint density at radius 3 is 2.71 bits per heavy atom. The second-order valence-corrected chi connectivity index (χ2v) is 5.02. The smallest absolute Gasteiger partial charge is 0.134 e. The minimum absolute atomic E-state index is 0.869. The van der Waals surface area contributed by atoms with Gasteiger partial charge in [0.05, 0.1) is 0 Å². The van der Waals surface area contributed by atoms with Crippen LogP contribution in [0.2, 0.25) is 0 Å². The van der Waals surface area contributed by atoms with Crippen LogP contribution in [0.3, 0.4) is 0 Å². The van der Waals surface area contributed by atoms with Crippen molar-refractivity contribution in [3.63, 3.8) is 0 Å². The lowest BCUT2D eigenvalue weighted by atomic mass is 10.2. The summed E-state index contributed by atoms with van der Waals surface area (Å²) in [5.74, 6) is 2.71. The maximum Gasteiger partial charge on any atom is 0.134 e. The van der Waals surface area contributed by atoms with E-state index >= 15 is 0 Å². The molecule has 2 rings (SSSR count). The van der Waals surface area contributed by atoms with Crippen LogP contribution in [0.1, 0.15) is 24.9 Å².